The molecule has 5 rings (SSSR count). The molecule has 2 saturated heterocycles. The first-order valence-electron chi connectivity index (χ1n) is 31.6. The van der Waals surface area contributed by atoms with Crippen LogP contribution in [0.25, 0.3) is 21.5 Å². The summed E-state index contributed by atoms with van der Waals surface area (Å²) in [5.74, 6) is 2.87. The van der Waals surface area contributed by atoms with Gasteiger partial charge in [-0.3, -0.25) is 0 Å². The van der Waals surface area contributed by atoms with Gasteiger partial charge in [-0.25, -0.2) is 0 Å². The normalized spacial score (nSPS) is 17.7. The Morgan fingerprint density at radius 2 is 0.581 bits per heavy atom. The minimum absolute atomic E-state index is 0.452. The predicted octanol–water partition coefficient (Wildman–Crippen LogP) is 19.1. The number of benzene rings is 3. The van der Waals surface area contributed by atoms with Crippen LogP contribution in [0, 0.1) is 11.8 Å². The molecule has 0 bridgehead atoms. The van der Waals surface area contributed by atoms with Gasteiger partial charge in [0, 0.05) is 21.5 Å². The molecule has 8 heteroatoms. The molecule has 2 aliphatic heterocycles. The molecule has 0 amide bonds. The van der Waals surface area contributed by atoms with Gasteiger partial charge in [0.1, 0.15) is 11.5 Å². The van der Waals surface area contributed by atoms with E-state index in [2.05, 4.69) is 119 Å². The second-order valence-electron chi connectivity index (χ2n) is 25.4. The maximum Gasteiger partial charge on any atom is 0.494 e. The molecule has 0 aromatic heterocycles. The molecule has 2 fully saturated rings. The Morgan fingerprint density at radius 1 is 0.338 bits per heavy atom. The molecular formula is C66H112B2O6. The van der Waals surface area contributed by atoms with E-state index < -0.39 is 36.6 Å². The molecule has 0 aliphatic carbocycles. The van der Waals surface area contributed by atoms with Gasteiger partial charge < -0.3 is 28.1 Å². The highest BCUT2D eigenvalue weighted by atomic mass is 16.7. The molecule has 2 aliphatic rings. The van der Waals surface area contributed by atoms with Crippen molar-refractivity contribution in [3.63, 3.8) is 0 Å². The lowest BCUT2D eigenvalue weighted by Crippen LogP contribution is -2.41. The van der Waals surface area contributed by atoms with Crippen LogP contribution < -0.4 is 20.4 Å². The third kappa shape index (κ3) is 19.0. The van der Waals surface area contributed by atoms with Crippen molar-refractivity contribution in [1.29, 1.82) is 0 Å². The highest BCUT2D eigenvalue weighted by Gasteiger charge is 2.53. The van der Waals surface area contributed by atoms with Crippen LogP contribution >= 0.6 is 0 Å². The first kappa shape index (κ1) is 62.6. The largest absolute Gasteiger partial charge is 0.494 e. The number of ether oxygens (including phenoxy) is 2. The third-order valence-corrected chi connectivity index (χ3v) is 17.9. The summed E-state index contributed by atoms with van der Waals surface area (Å²) < 4.78 is 41.8. The van der Waals surface area contributed by atoms with Crippen LogP contribution in [-0.4, -0.2) is 49.9 Å². The molecule has 0 saturated carbocycles. The zero-order valence-electron chi connectivity index (χ0n) is 50.3. The summed E-state index contributed by atoms with van der Waals surface area (Å²) in [4.78, 5) is 0. The molecule has 74 heavy (non-hydrogen) atoms. The van der Waals surface area contributed by atoms with E-state index in [1.54, 1.807) is 0 Å². The zero-order chi connectivity index (χ0) is 53.5. The zero-order valence-corrected chi connectivity index (χ0v) is 50.3. The minimum atomic E-state index is -0.487. The number of hydrogen-bond donors (Lipinski definition) is 0. The first-order valence-corrected chi connectivity index (χ1v) is 31.6. The van der Waals surface area contributed by atoms with E-state index in [0.717, 1.165) is 44.0 Å². The lowest BCUT2D eigenvalue weighted by molar-refractivity contribution is 0.00578. The van der Waals surface area contributed by atoms with Crippen LogP contribution in [-0.2, 0) is 18.6 Å². The van der Waals surface area contributed by atoms with E-state index in [9.17, 15) is 0 Å². The highest BCUT2D eigenvalue weighted by Crippen LogP contribution is 2.45. The van der Waals surface area contributed by atoms with Gasteiger partial charge in [0.15, 0.2) is 0 Å². The maximum absolute atomic E-state index is 7.43. The molecule has 0 spiro atoms. The number of rotatable bonds is 40. The quantitative estimate of drug-likeness (QED) is 0.0321. The summed E-state index contributed by atoms with van der Waals surface area (Å²) >= 11 is 0. The van der Waals surface area contributed by atoms with Gasteiger partial charge in [-0.05, 0) is 104 Å². The van der Waals surface area contributed by atoms with Crippen molar-refractivity contribution in [2.45, 2.75) is 311 Å². The van der Waals surface area contributed by atoms with Crippen LogP contribution in [0.15, 0.2) is 36.4 Å². The van der Waals surface area contributed by atoms with Gasteiger partial charge in [0.05, 0.1) is 35.6 Å². The third-order valence-electron chi connectivity index (χ3n) is 17.9. The topological polar surface area (TPSA) is 55.4 Å². The van der Waals surface area contributed by atoms with Crippen molar-refractivity contribution in [3.05, 3.63) is 36.4 Å². The molecule has 6 nitrogen and oxygen atoms in total. The van der Waals surface area contributed by atoms with E-state index >= 15 is 0 Å². The average Bonchev–Trinajstić information content (AvgIpc) is 3.74. The smallest absolute Gasteiger partial charge is 0.492 e. The van der Waals surface area contributed by atoms with E-state index in [1.807, 2.05) is 0 Å². The summed E-state index contributed by atoms with van der Waals surface area (Å²) in [7, 11) is -0.974. The predicted molar refractivity (Wildman–Crippen MR) is 321 cm³/mol. The van der Waals surface area contributed by atoms with Crippen LogP contribution in [0.4, 0.5) is 0 Å². The van der Waals surface area contributed by atoms with E-state index in [4.69, 9.17) is 28.1 Å². The summed E-state index contributed by atoms with van der Waals surface area (Å²) in [6, 6.07) is 13.6. The fraction of sp³-hybridized carbons (Fsp3) is 0.788. The van der Waals surface area contributed by atoms with Crippen molar-refractivity contribution >= 4 is 46.7 Å². The van der Waals surface area contributed by atoms with Crippen LogP contribution in [0.1, 0.15) is 289 Å². The van der Waals surface area contributed by atoms with Gasteiger partial charge in [-0.15, -0.1) is 0 Å². The van der Waals surface area contributed by atoms with Gasteiger partial charge in [0.2, 0.25) is 0 Å². The van der Waals surface area contributed by atoms with Crippen molar-refractivity contribution in [2.75, 3.05) is 13.2 Å². The highest BCUT2D eigenvalue weighted by molar-refractivity contribution is 6.63. The molecule has 3 aromatic rings. The lowest BCUT2D eigenvalue weighted by atomic mass is 9.76. The Morgan fingerprint density at radius 3 is 0.838 bits per heavy atom. The second-order valence-corrected chi connectivity index (χ2v) is 25.4. The monoisotopic (exact) mass is 1020 g/mol. The Labute approximate surface area is 456 Å². The fourth-order valence-electron chi connectivity index (χ4n) is 11.3. The summed E-state index contributed by atoms with van der Waals surface area (Å²) in [6.07, 6.45) is 42.1. The van der Waals surface area contributed by atoms with Crippen molar-refractivity contribution < 1.29 is 28.1 Å². The molecule has 0 radical (unpaired) electrons. The molecule has 0 N–H and O–H groups in total. The Hall–Kier alpha value is -2.25. The van der Waals surface area contributed by atoms with E-state index in [0.29, 0.717) is 25.0 Å². The summed E-state index contributed by atoms with van der Waals surface area (Å²) in [6.45, 7) is 27.8. The molecule has 2 heterocycles. The minimum Gasteiger partial charge on any atom is -0.492 e. The Bertz CT molecular complexity index is 1850. The van der Waals surface area contributed by atoms with E-state index in [-0.39, 0.29) is 0 Å². The fourth-order valence-corrected chi connectivity index (χ4v) is 11.3. The van der Waals surface area contributed by atoms with Crippen LogP contribution in [0.2, 0.25) is 0 Å². The SMILES string of the molecule is CCCCCCCCCCC(CCCCCCCC)COc1c2ccc(B3OC(C)(C)C(C)(C)O3)cc2c(OCC(CCCCCCCC)CCCCCCCCCC)c2ccc(B3OC(C)(C)C(C)(C)O3)cc12. The molecular weight excluding hydrogens is 910 g/mol. The first-order chi connectivity index (χ1) is 35.6. The molecule has 3 aromatic carbocycles. The van der Waals surface area contributed by atoms with Crippen LogP contribution in [0.5, 0.6) is 11.5 Å². The standard InChI is InChI=1S/C66H112B2O6/c1-13-17-21-25-29-31-35-39-43-53(41-37-33-27-23-19-15-3)51-69-61-57-47-45-56(68-73-65(9,10)66(11,12)74-68)50-60(57)62(58-48-46-55(49-59(58)61)67-71-63(5,6)64(7,8)72-67)70-52-54(42-38-34-28-24-20-16-4)44-40-36-32-30-26-22-18-14-2/h45-50,53-54H,13-44,51-52H2,1-12H3. The van der Waals surface area contributed by atoms with Crippen molar-refractivity contribution in [3.8, 4) is 11.5 Å². The summed E-state index contributed by atoms with van der Waals surface area (Å²) in [5, 5.41) is 4.31. The lowest BCUT2D eigenvalue weighted by Gasteiger charge is -2.32. The summed E-state index contributed by atoms with van der Waals surface area (Å²) in [5.41, 5.74) is 0.219. The number of hydrogen-bond acceptors (Lipinski definition) is 6. The molecule has 2 unspecified atom stereocenters. The number of unbranched alkanes of at least 4 members (excludes halogenated alkanes) is 24. The van der Waals surface area contributed by atoms with Gasteiger partial charge in [-0.2, -0.15) is 0 Å². The van der Waals surface area contributed by atoms with Crippen molar-refractivity contribution in [2.24, 2.45) is 11.8 Å². The molecule has 2 atom stereocenters. The molecule has 418 valence electrons. The Kier molecular flexibility index (Phi) is 27.0. The Balaban J connectivity index is 1.55. The van der Waals surface area contributed by atoms with E-state index in [1.165, 1.54) is 205 Å². The second kappa shape index (κ2) is 32.0. The number of fused-ring (bicyclic) bond motifs is 2. The average molecular weight is 1020 g/mol. The van der Waals surface area contributed by atoms with Gasteiger partial charge >= 0.3 is 14.2 Å². The van der Waals surface area contributed by atoms with Gasteiger partial charge in [0.25, 0.3) is 0 Å². The maximum atomic E-state index is 7.43. The van der Waals surface area contributed by atoms with Crippen molar-refractivity contribution in [1.82, 2.24) is 0 Å². The van der Waals surface area contributed by atoms with Gasteiger partial charge in [-0.1, -0.05) is 244 Å². The van der Waals surface area contributed by atoms with Crippen LogP contribution in [0.3, 0.4) is 0 Å².